The summed E-state index contributed by atoms with van der Waals surface area (Å²) in [6.07, 6.45) is 1.49. The van der Waals surface area contributed by atoms with Crippen LogP contribution < -0.4 is 5.32 Å². The van der Waals surface area contributed by atoms with E-state index in [0.29, 0.717) is 12.7 Å². The molecule has 0 unspecified atom stereocenters. The van der Waals surface area contributed by atoms with Crippen molar-refractivity contribution in [2.75, 3.05) is 13.7 Å². The molecule has 1 heterocycles. The quantitative estimate of drug-likeness (QED) is 0.270. The lowest BCUT2D eigenvalue weighted by Gasteiger charge is -2.09. The minimum Gasteiger partial charge on any atom is -0.506 e. The van der Waals surface area contributed by atoms with Crippen molar-refractivity contribution in [3.8, 4) is 5.75 Å². The number of carbonyl (C=O) groups excluding carboxylic acids is 3. The van der Waals surface area contributed by atoms with Gasteiger partial charge in [0, 0.05) is 0 Å². The van der Waals surface area contributed by atoms with Crippen LogP contribution in [0.25, 0.3) is 6.08 Å². The Labute approximate surface area is 153 Å². The number of aromatic hydroxyl groups is 1. The van der Waals surface area contributed by atoms with Crippen LogP contribution in [0.4, 0.5) is 4.79 Å². The number of benzene rings is 1. The molecule has 2 N–H and O–H groups in total. The predicted molar refractivity (Wildman–Crippen MR) is 93.8 cm³/mol. The van der Waals surface area contributed by atoms with Crippen LogP contribution in [-0.2, 0) is 14.3 Å². The standard InChI is InChI=1S/C13H10I2N2O5/c1-22-10(18)5-17-12(20)9(16-13(17)21)4-6-2-7(14)11(19)8(15)3-6/h2-4,19H,5H2,1H3,(H,16,21)/b9-4+. The minimum absolute atomic E-state index is 0.0613. The van der Waals surface area contributed by atoms with Gasteiger partial charge in [0.2, 0.25) is 0 Å². The molecular formula is C13H10I2N2O5. The van der Waals surface area contributed by atoms with Crippen LogP contribution in [0.1, 0.15) is 5.56 Å². The molecule has 0 spiro atoms. The monoisotopic (exact) mass is 528 g/mol. The van der Waals surface area contributed by atoms with Crippen LogP contribution in [0.2, 0.25) is 0 Å². The van der Waals surface area contributed by atoms with Gasteiger partial charge in [-0.1, -0.05) is 0 Å². The van der Waals surface area contributed by atoms with Crippen molar-refractivity contribution < 1.29 is 24.2 Å². The summed E-state index contributed by atoms with van der Waals surface area (Å²) in [5.74, 6) is -1.12. The number of carbonyl (C=O) groups is 3. The molecule has 3 amide bonds. The number of methoxy groups -OCH3 is 1. The number of amides is 3. The van der Waals surface area contributed by atoms with E-state index in [2.05, 4.69) is 10.1 Å². The molecule has 22 heavy (non-hydrogen) atoms. The van der Waals surface area contributed by atoms with Crippen molar-refractivity contribution in [1.29, 1.82) is 0 Å². The zero-order valence-electron chi connectivity index (χ0n) is 11.2. The van der Waals surface area contributed by atoms with Crippen LogP contribution in [0.15, 0.2) is 17.8 Å². The van der Waals surface area contributed by atoms with Gasteiger partial charge < -0.3 is 15.2 Å². The molecule has 0 aromatic heterocycles. The molecule has 1 aromatic carbocycles. The summed E-state index contributed by atoms with van der Waals surface area (Å²) in [5.41, 5.74) is 0.710. The normalized spacial score (nSPS) is 16.1. The molecule has 0 atom stereocenters. The lowest BCUT2D eigenvalue weighted by molar-refractivity contribution is -0.143. The van der Waals surface area contributed by atoms with E-state index in [9.17, 15) is 19.5 Å². The number of phenols is 1. The fraction of sp³-hybridized carbons (Fsp3) is 0.154. The number of hydrogen-bond acceptors (Lipinski definition) is 5. The van der Waals surface area contributed by atoms with Gasteiger partial charge in [-0.15, -0.1) is 0 Å². The van der Waals surface area contributed by atoms with Gasteiger partial charge in [-0.2, -0.15) is 0 Å². The average Bonchev–Trinajstić information content (AvgIpc) is 2.72. The van der Waals surface area contributed by atoms with Crippen LogP contribution in [0.3, 0.4) is 0 Å². The minimum atomic E-state index is -0.682. The van der Waals surface area contributed by atoms with E-state index >= 15 is 0 Å². The molecule has 0 aliphatic carbocycles. The summed E-state index contributed by atoms with van der Waals surface area (Å²) in [6, 6.07) is 2.67. The highest BCUT2D eigenvalue weighted by atomic mass is 127. The number of ether oxygens (including phenoxy) is 1. The smallest absolute Gasteiger partial charge is 0.329 e. The maximum atomic E-state index is 12.1. The van der Waals surface area contributed by atoms with E-state index < -0.39 is 24.5 Å². The van der Waals surface area contributed by atoms with Gasteiger partial charge in [0.25, 0.3) is 5.91 Å². The van der Waals surface area contributed by atoms with Crippen molar-refractivity contribution in [3.63, 3.8) is 0 Å². The van der Waals surface area contributed by atoms with E-state index in [4.69, 9.17) is 0 Å². The number of urea groups is 1. The first kappa shape index (κ1) is 17.0. The van der Waals surface area contributed by atoms with Crippen molar-refractivity contribution in [2.24, 2.45) is 0 Å². The average molecular weight is 528 g/mol. The van der Waals surface area contributed by atoms with Gasteiger partial charge in [-0.05, 0) is 69.0 Å². The lowest BCUT2D eigenvalue weighted by Crippen LogP contribution is -2.36. The van der Waals surface area contributed by atoms with Crippen LogP contribution in [0.5, 0.6) is 5.75 Å². The Bertz CT molecular complexity index is 679. The number of halogens is 2. The number of nitrogens with zero attached hydrogens (tertiary/aromatic N) is 1. The second-order valence-electron chi connectivity index (χ2n) is 4.29. The topological polar surface area (TPSA) is 95.9 Å². The molecule has 2 rings (SSSR count). The molecule has 0 saturated carbocycles. The number of rotatable bonds is 3. The highest BCUT2D eigenvalue weighted by Gasteiger charge is 2.35. The number of phenolic OH excluding ortho intramolecular Hbond substituents is 1. The molecule has 1 aliphatic rings. The number of hydrogen-bond donors (Lipinski definition) is 2. The fourth-order valence-corrected chi connectivity index (χ4v) is 3.56. The summed E-state index contributed by atoms with van der Waals surface area (Å²) in [7, 11) is 1.18. The molecule has 1 aromatic rings. The summed E-state index contributed by atoms with van der Waals surface area (Å²) < 4.78 is 5.69. The first-order valence-corrected chi connectivity index (χ1v) is 8.08. The first-order chi connectivity index (χ1) is 10.3. The molecule has 116 valence electrons. The van der Waals surface area contributed by atoms with Crippen molar-refractivity contribution in [1.82, 2.24) is 10.2 Å². The van der Waals surface area contributed by atoms with E-state index in [-0.39, 0.29) is 11.4 Å². The van der Waals surface area contributed by atoms with E-state index in [1.807, 2.05) is 45.2 Å². The van der Waals surface area contributed by atoms with Crippen molar-refractivity contribution >= 4 is 69.2 Å². The molecule has 9 heteroatoms. The highest BCUT2D eigenvalue weighted by Crippen LogP contribution is 2.28. The van der Waals surface area contributed by atoms with Gasteiger partial charge in [0.15, 0.2) is 0 Å². The second kappa shape index (κ2) is 6.81. The molecular weight excluding hydrogens is 518 g/mol. The van der Waals surface area contributed by atoms with E-state index in [1.165, 1.54) is 13.2 Å². The molecule has 0 bridgehead atoms. The maximum absolute atomic E-state index is 12.1. The van der Waals surface area contributed by atoms with Crippen molar-refractivity contribution in [3.05, 3.63) is 30.5 Å². The van der Waals surface area contributed by atoms with Gasteiger partial charge in [0.05, 0.1) is 14.3 Å². The number of nitrogens with one attached hydrogen (secondary N) is 1. The lowest BCUT2D eigenvalue weighted by atomic mass is 10.2. The zero-order chi connectivity index (χ0) is 16.4. The summed E-state index contributed by atoms with van der Waals surface area (Å²) >= 11 is 3.94. The Kier molecular flexibility index (Phi) is 5.26. The highest BCUT2D eigenvalue weighted by molar-refractivity contribution is 14.1. The van der Waals surface area contributed by atoms with E-state index in [0.717, 1.165) is 4.90 Å². The predicted octanol–water partition coefficient (Wildman–Crippen LogP) is 1.67. The third-order valence-electron chi connectivity index (χ3n) is 2.83. The summed E-state index contributed by atoms with van der Waals surface area (Å²) in [6.45, 7) is -0.441. The summed E-state index contributed by atoms with van der Waals surface area (Å²) in [5, 5.41) is 12.1. The summed E-state index contributed by atoms with van der Waals surface area (Å²) in [4.78, 5) is 35.8. The third kappa shape index (κ3) is 3.51. The number of esters is 1. The van der Waals surface area contributed by atoms with Gasteiger partial charge in [-0.3, -0.25) is 9.59 Å². The molecule has 1 fully saturated rings. The Balaban J connectivity index is 2.28. The SMILES string of the molecule is COC(=O)CN1C(=O)N/C(=C/c2cc(I)c(O)c(I)c2)C1=O. The van der Waals surface area contributed by atoms with Gasteiger partial charge in [0.1, 0.15) is 18.0 Å². The third-order valence-corrected chi connectivity index (χ3v) is 4.47. The maximum Gasteiger partial charge on any atom is 0.329 e. The van der Waals surface area contributed by atoms with Crippen LogP contribution in [-0.4, -0.2) is 41.6 Å². The Morgan fingerprint density at radius 3 is 2.50 bits per heavy atom. The molecule has 1 saturated heterocycles. The van der Waals surface area contributed by atoms with Crippen LogP contribution in [0, 0.1) is 7.14 Å². The van der Waals surface area contributed by atoms with Gasteiger partial charge in [-0.25, -0.2) is 9.69 Å². The van der Waals surface area contributed by atoms with Gasteiger partial charge >= 0.3 is 12.0 Å². The van der Waals surface area contributed by atoms with Crippen molar-refractivity contribution in [2.45, 2.75) is 0 Å². The molecule has 1 aliphatic heterocycles. The molecule has 7 nitrogen and oxygen atoms in total. The van der Waals surface area contributed by atoms with E-state index in [1.54, 1.807) is 12.1 Å². The number of imide groups is 1. The Morgan fingerprint density at radius 1 is 1.36 bits per heavy atom. The zero-order valence-corrected chi connectivity index (χ0v) is 15.5. The second-order valence-corrected chi connectivity index (χ2v) is 6.61. The van der Waals surface area contributed by atoms with Crippen LogP contribution >= 0.6 is 45.2 Å². The largest absolute Gasteiger partial charge is 0.506 e. The fourth-order valence-electron chi connectivity index (χ4n) is 1.74. The Hall–Kier alpha value is -1.37. The molecule has 0 radical (unpaired) electrons. The first-order valence-electron chi connectivity index (χ1n) is 5.93. The Morgan fingerprint density at radius 2 is 1.95 bits per heavy atom.